The molecule has 5 nitrogen and oxygen atoms in total. The second-order valence-corrected chi connectivity index (χ2v) is 6.95. The van der Waals surface area contributed by atoms with Gasteiger partial charge in [0.05, 0.1) is 5.56 Å². The molecule has 9 heteroatoms. The van der Waals surface area contributed by atoms with Gasteiger partial charge in [0.25, 0.3) is 5.91 Å². The van der Waals surface area contributed by atoms with Crippen LogP contribution in [0.2, 0.25) is 0 Å². The monoisotopic (exact) mass is 375 g/mol. The Morgan fingerprint density at radius 1 is 1.31 bits per heavy atom. The average Bonchev–Trinajstić information content (AvgIpc) is 3.08. The van der Waals surface area contributed by atoms with Crippen LogP contribution in [-0.2, 0) is 0 Å². The molecule has 0 aromatic carbocycles. The van der Waals surface area contributed by atoms with Crippen molar-refractivity contribution >= 4 is 5.91 Å². The van der Waals surface area contributed by atoms with Gasteiger partial charge < -0.3 is 15.0 Å². The van der Waals surface area contributed by atoms with Crippen molar-refractivity contribution in [2.24, 2.45) is 5.41 Å². The third-order valence-electron chi connectivity index (χ3n) is 5.16. The maximum absolute atomic E-state index is 12.8. The Balaban J connectivity index is 1.54. The molecule has 0 unspecified atom stereocenters. The molecule has 3 rings (SSSR count). The van der Waals surface area contributed by atoms with Gasteiger partial charge in [-0.25, -0.2) is 13.8 Å². The fourth-order valence-corrected chi connectivity index (χ4v) is 3.41. The molecule has 0 saturated carbocycles. The molecule has 0 atom stereocenters. The van der Waals surface area contributed by atoms with E-state index in [1.54, 1.807) is 4.90 Å². The SMILES string of the molecule is O=C(c1ccc(OCC(F)(F)C(F)F)nc1)N1CCC2(CCNC2)CC1. The molecule has 1 amide bonds. The maximum Gasteiger partial charge on any atom is 0.340 e. The van der Waals surface area contributed by atoms with E-state index in [-0.39, 0.29) is 11.8 Å². The maximum atomic E-state index is 12.8. The van der Waals surface area contributed by atoms with Crippen molar-refractivity contribution < 1.29 is 27.1 Å². The summed E-state index contributed by atoms with van der Waals surface area (Å²) in [4.78, 5) is 18.1. The van der Waals surface area contributed by atoms with Crippen LogP contribution in [0.5, 0.6) is 5.88 Å². The zero-order valence-corrected chi connectivity index (χ0v) is 14.2. The standard InChI is InChI=1S/C17H21F4N3O2/c18-15(19)17(20,21)11-26-13-2-1-12(9-23-13)14(25)24-7-4-16(5-8-24)3-6-22-10-16/h1-2,9,15,22H,3-8,10-11H2. The number of halogens is 4. The first kappa shape index (κ1) is 18.9. The number of likely N-dealkylation sites (tertiary alicyclic amines) is 1. The zero-order valence-electron chi connectivity index (χ0n) is 14.2. The Morgan fingerprint density at radius 2 is 2.04 bits per heavy atom. The van der Waals surface area contributed by atoms with Gasteiger partial charge in [0, 0.05) is 31.9 Å². The highest BCUT2D eigenvalue weighted by molar-refractivity contribution is 5.94. The number of pyridine rings is 1. The van der Waals surface area contributed by atoms with E-state index < -0.39 is 19.0 Å². The van der Waals surface area contributed by atoms with E-state index in [9.17, 15) is 22.4 Å². The zero-order chi connectivity index (χ0) is 18.8. The molecule has 0 bridgehead atoms. The number of carbonyl (C=O) groups is 1. The molecule has 2 fully saturated rings. The molecule has 144 valence electrons. The van der Waals surface area contributed by atoms with Crippen molar-refractivity contribution in [3.05, 3.63) is 23.9 Å². The van der Waals surface area contributed by atoms with Gasteiger partial charge in [-0.05, 0) is 37.3 Å². The second kappa shape index (κ2) is 7.38. The van der Waals surface area contributed by atoms with Crippen LogP contribution in [0, 0.1) is 5.41 Å². The largest absolute Gasteiger partial charge is 0.471 e. The molecule has 1 N–H and O–H groups in total. The number of piperidine rings is 1. The van der Waals surface area contributed by atoms with Crippen molar-refractivity contribution in [1.82, 2.24) is 15.2 Å². The lowest BCUT2D eigenvalue weighted by Gasteiger charge is -2.38. The third-order valence-corrected chi connectivity index (χ3v) is 5.16. The van der Waals surface area contributed by atoms with E-state index in [4.69, 9.17) is 0 Å². The number of aromatic nitrogens is 1. The van der Waals surface area contributed by atoms with Crippen molar-refractivity contribution in [3.63, 3.8) is 0 Å². The fourth-order valence-electron chi connectivity index (χ4n) is 3.41. The predicted octanol–water partition coefficient (Wildman–Crippen LogP) is 2.58. The lowest BCUT2D eigenvalue weighted by Crippen LogP contribution is -2.44. The normalized spacial score (nSPS) is 20.0. The molecule has 3 heterocycles. The molecule has 1 aromatic heterocycles. The average molecular weight is 375 g/mol. The van der Waals surface area contributed by atoms with Gasteiger partial charge in [-0.2, -0.15) is 8.78 Å². The number of ether oxygens (including phenoxy) is 1. The third kappa shape index (κ3) is 4.08. The van der Waals surface area contributed by atoms with Gasteiger partial charge in [0.2, 0.25) is 5.88 Å². The van der Waals surface area contributed by atoms with Crippen LogP contribution in [0.3, 0.4) is 0 Å². The summed E-state index contributed by atoms with van der Waals surface area (Å²) in [6.07, 6.45) is 0.443. The number of nitrogens with one attached hydrogen (secondary N) is 1. The van der Waals surface area contributed by atoms with Gasteiger partial charge >= 0.3 is 12.3 Å². The van der Waals surface area contributed by atoms with Crippen LogP contribution in [0.25, 0.3) is 0 Å². The Morgan fingerprint density at radius 3 is 2.58 bits per heavy atom. The number of alkyl halides is 4. The number of amides is 1. The van der Waals surface area contributed by atoms with Crippen LogP contribution in [0.15, 0.2) is 18.3 Å². The topological polar surface area (TPSA) is 54.5 Å². The first-order chi connectivity index (χ1) is 12.3. The Kier molecular flexibility index (Phi) is 5.36. The number of hydrogen-bond donors (Lipinski definition) is 1. The summed E-state index contributed by atoms with van der Waals surface area (Å²) in [5.74, 6) is -4.64. The van der Waals surface area contributed by atoms with Crippen molar-refractivity contribution in [1.29, 1.82) is 0 Å². The Hall–Kier alpha value is -1.90. The fraction of sp³-hybridized carbons (Fsp3) is 0.647. The lowest BCUT2D eigenvalue weighted by atomic mass is 9.78. The van der Waals surface area contributed by atoms with Crippen molar-refractivity contribution in [2.75, 3.05) is 32.8 Å². The minimum Gasteiger partial charge on any atom is -0.471 e. The molecular formula is C17H21F4N3O2. The molecule has 2 aliphatic heterocycles. The first-order valence-electron chi connectivity index (χ1n) is 8.56. The van der Waals surface area contributed by atoms with Gasteiger partial charge in [0.1, 0.15) is 0 Å². The summed E-state index contributed by atoms with van der Waals surface area (Å²) in [6, 6.07) is 2.65. The van der Waals surface area contributed by atoms with E-state index in [1.807, 2.05) is 0 Å². The smallest absolute Gasteiger partial charge is 0.340 e. The summed E-state index contributed by atoms with van der Waals surface area (Å²) in [5.41, 5.74) is 0.612. The highest BCUT2D eigenvalue weighted by Crippen LogP contribution is 2.37. The highest BCUT2D eigenvalue weighted by Gasteiger charge is 2.42. The van der Waals surface area contributed by atoms with E-state index in [0.717, 1.165) is 32.4 Å². The first-order valence-corrected chi connectivity index (χ1v) is 8.56. The van der Waals surface area contributed by atoms with Gasteiger partial charge in [0.15, 0.2) is 6.61 Å². The quantitative estimate of drug-likeness (QED) is 0.804. The van der Waals surface area contributed by atoms with E-state index in [1.165, 1.54) is 18.3 Å². The number of rotatable bonds is 5. The molecule has 2 aliphatic rings. The van der Waals surface area contributed by atoms with Crippen LogP contribution in [0.1, 0.15) is 29.6 Å². The lowest BCUT2D eigenvalue weighted by molar-refractivity contribution is -0.148. The summed E-state index contributed by atoms with van der Waals surface area (Å²) in [7, 11) is 0. The number of carbonyl (C=O) groups excluding carboxylic acids is 1. The molecule has 2 saturated heterocycles. The van der Waals surface area contributed by atoms with Crippen molar-refractivity contribution in [3.8, 4) is 5.88 Å². The highest BCUT2D eigenvalue weighted by atomic mass is 19.3. The van der Waals surface area contributed by atoms with Crippen LogP contribution < -0.4 is 10.1 Å². The minimum atomic E-state index is -4.24. The molecule has 1 aromatic rings. The summed E-state index contributed by atoms with van der Waals surface area (Å²) in [5, 5.41) is 3.37. The van der Waals surface area contributed by atoms with Crippen LogP contribution in [-0.4, -0.2) is 60.9 Å². The summed E-state index contributed by atoms with van der Waals surface area (Å²) < 4.78 is 54.5. The number of nitrogens with zero attached hydrogens (tertiary/aromatic N) is 2. The predicted molar refractivity (Wildman–Crippen MR) is 85.7 cm³/mol. The van der Waals surface area contributed by atoms with E-state index in [0.29, 0.717) is 24.1 Å². The summed E-state index contributed by atoms with van der Waals surface area (Å²) in [6.45, 7) is 1.88. The molecule has 0 aliphatic carbocycles. The Labute approximate surface area is 148 Å². The van der Waals surface area contributed by atoms with Gasteiger partial charge in [-0.1, -0.05) is 0 Å². The minimum absolute atomic E-state index is 0.178. The summed E-state index contributed by atoms with van der Waals surface area (Å²) >= 11 is 0. The second-order valence-electron chi connectivity index (χ2n) is 6.95. The Bertz CT molecular complexity index is 623. The van der Waals surface area contributed by atoms with E-state index in [2.05, 4.69) is 15.0 Å². The van der Waals surface area contributed by atoms with Crippen molar-refractivity contribution in [2.45, 2.75) is 31.6 Å². The molecule has 26 heavy (non-hydrogen) atoms. The van der Waals surface area contributed by atoms with Gasteiger partial charge in [-0.15, -0.1) is 0 Å². The number of hydrogen-bond acceptors (Lipinski definition) is 4. The van der Waals surface area contributed by atoms with Crippen LogP contribution in [0.4, 0.5) is 17.6 Å². The van der Waals surface area contributed by atoms with E-state index >= 15 is 0 Å². The van der Waals surface area contributed by atoms with Crippen LogP contribution >= 0.6 is 0 Å². The molecule has 1 spiro atoms. The molecular weight excluding hydrogens is 354 g/mol. The molecule has 0 radical (unpaired) electrons. The van der Waals surface area contributed by atoms with Gasteiger partial charge in [-0.3, -0.25) is 4.79 Å².